The van der Waals surface area contributed by atoms with Gasteiger partial charge in [0.2, 0.25) is 0 Å². The number of hydrogen-bond acceptors (Lipinski definition) is 3. The quantitative estimate of drug-likeness (QED) is 0.868. The van der Waals surface area contributed by atoms with Crippen LogP contribution in [0.1, 0.15) is 24.0 Å². The zero-order valence-corrected chi connectivity index (χ0v) is 10.9. The number of benzene rings is 1. The lowest BCUT2D eigenvalue weighted by molar-refractivity contribution is 0.350. The van der Waals surface area contributed by atoms with Crippen molar-refractivity contribution in [1.82, 2.24) is 5.32 Å². The molecule has 0 aliphatic carbocycles. The van der Waals surface area contributed by atoms with E-state index in [1.54, 1.807) is 14.2 Å². The Morgan fingerprint density at radius 2 is 2.12 bits per heavy atom. The minimum Gasteiger partial charge on any atom is -0.493 e. The van der Waals surface area contributed by atoms with Crippen LogP contribution < -0.4 is 14.8 Å². The fourth-order valence-electron chi connectivity index (χ4n) is 2.54. The lowest BCUT2D eigenvalue weighted by Gasteiger charge is -2.17. The van der Waals surface area contributed by atoms with Gasteiger partial charge < -0.3 is 14.8 Å². The van der Waals surface area contributed by atoms with E-state index in [1.807, 2.05) is 6.07 Å². The molecule has 3 nitrogen and oxygen atoms in total. The number of hydrogen-bond donors (Lipinski definition) is 1. The molecule has 3 heteroatoms. The van der Waals surface area contributed by atoms with Crippen LogP contribution in [-0.2, 0) is 6.42 Å². The molecule has 0 aromatic heterocycles. The number of nitrogens with one attached hydrogen (secondary N) is 1. The molecular weight excluding hydrogens is 214 g/mol. The predicted molar refractivity (Wildman–Crippen MR) is 69.0 cm³/mol. The fourth-order valence-corrected chi connectivity index (χ4v) is 2.54. The van der Waals surface area contributed by atoms with Crippen molar-refractivity contribution in [1.29, 1.82) is 0 Å². The highest BCUT2D eigenvalue weighted by Crippen LogP contribution is 2.33. The molecular formula is C14H21NO2. The number of methoxy groups -OCH3 is 2. The standard InChI is InChI=1S/C14H21NO2/c1-10-7-11(9-12-5-4-6-15-12)14(17-3)13(8-10)16-2/h7-8,12,15H,4-6,9H2,1-3H3. The van der Waals surface area contributed by atoms with Gasteiger partial charge in [-0.1, -0.05) is 6.07 Å². The molecule has 1 aliphatic heterocycles. The summed E-state index contributed by atoms with van der Waals surface area (Å²) in [7, 11) is 3.40. The molecule has 1 aromatic carbocycles. The minimum absolute atomic E-state index is 0.579. The first-order valence-electron chi connectivity index (χ1n) is 6.19. The van der Waals surface area contributed by atoms with Crippen molar-refractivity contribution in [2.45, 2.75) is 32.2 Å². The molecule has 1 fully saturated rings. The lowest BCUT2D eigenvalue weighted by atomic mass is 10.0. The van der Waals surface area contributed by atoms with Crippen LogP contribution in [-0.4, -0.2) is 26.8 Å². The van der Waals surface area contributed by atoms with E-state index in [1.165, 1.54) is 24.0 Å². The van der Waals surface area contributed by atoms with Crippen molar-refractivity contribution in [2.75, 3.05) is 20.8 Å². The average Bonchev–Trinajstić information content (AvgIpc) is 2.81. The van der Waals surface area contributed by atoms with Crippen LogP contribution in [0.2, 0.25) is 0 Å². The summed E-state index contributed by atoms with van der Waals surface area (Å²) < 4.78 is 10.9. The largest absolute Gasteiger partial charge is 0.493 e. The maximum absolute atomic E-state index is 5.48. The Morgan fingerprint density at radius 3 is 2.71 bits per heavy atom. The molecule has 94 valence electrons. The highest BCUT2D eigenvalue weighted by Gasteiger charge is 2.18. The van der Waals surface area contributed by atoms with Gasteiger partial charge in [0.1, 0.15) is 0 Å². The summed E-state index contributed by atoms with van der Waals surface area (Å²) in [5.74, 6) is 1.72. The van der Waals surface area contributed by atoms with E-state index in [9.17, 15) is 0 Å². The highest BCUT2D eigenvalue weighted by molar-refractivity contribution is 5.49. The summed E-state index contributed by atoms with van der Waals surface area (Å²) in [6, 6.07) is 4.79. The molecule has 0 amide bonds. The molecule has 1 N–H and O–H groups in total. The maximum atomic E-state index is 5.48. The molecule has 2 rings (SSSR count). The summed E-state index contributed by atoms with van der Waals surface area (Å²) in [4.78, 5) is 0. The van der Waals surface area contributed by atoms with E-state index in [0.717, 1.165) is 24.5 Å². The van der Waals surface area contributed by atoms with E-state index < -0.39 is 0 Å². The SMILES string of the molecule is COc1cc(C)cc(CC2CCCN2)c1OC. The molecule has 0 saturated carbocycles. The van der Waals surface area contributed by atoms with E-state index in [2.05, 4.69) is 18.3 Å². The Morgan fingerprint density at radius 1 is 1.29 bits per heavy atom. The molecule has 0 radical (unpaired) electrons. The lowest BCUT2D eigenvalue weighted by Crippen LogP contribution is -2.23. The molecule has 1 atom stereocenters. The molecule has 1 aliphatic rings. The third-order valence-corrected chi connectivity index (χ3v) is 3.33. The van der Waals surface area contributed by atoms with Crippen molar-refractivity contribution in [2.24, 2.45) is 0 Å². The van der Waals surface area contributed by atoms with Crippen molar-refractivity contribution in [3.8, 4) is 11.5 Å². The van der Waals surface area contributed by atoms with Crippen LogP contribution in [0.25, 0.3) is 0 Å². The van der Waals surface area contributed by atoms with Crippen molar-refractivity contribution in [3.63, 3.8) is 0 Å². The van der Waals surface area contributed by atoms with Gasteiger partial charge in [0.15, 0.2) is 11.5 Å². The topological polar surface area (TPSA) is 30.5 Å². The zero-order valence-electron chi connectivity index (χ0n) is 10.9. The zero-order chi connectivity index (χ0) is 12.3. The van der Waals surface area contributed by atoms with E-state index in [0.29, 0.717) is 6.04 Å². The van der Waals surface area contributed by atoms with Gasteiger partial charge in [-0.25, -0.2) is 0 Å². The van der Waals surface area contributed by atoms with Crippen molar-refractivity contribution in [3.05, 3.63) is 23.3 Å². The first-order chi connectivity index (χ1) is 8.24. The van der Waals surface area contributed by atoms with Crippen molar-refractivity contribution >= 4 is 0 Å². The van der Waals surface area contributed by atoms with Crippen LogP contribution in [0.3, 0.4) is 0 Å². The Bertz CT molecular complexity index is 384. The second kappa shape index (κ2) is 5.41. The molecule has 1 saturated heterocycles. The van der Waals surface area contributed by atoms with Crippen molar-refractivity contribution < 1.29 is 9.47 Å². The van der Waals surface area contributed by atoms with Gasteiger partial charge in [0.05, 0.1) is 14.2 Å². The van der Waals surface area contributed by atoms with Crippen LogP contribution >= 0.6 is 0 Å². The van der Waals surface area contributed by atoms with Gasteiger partial charge in [-0.2, -0.15) is 0 Å². The molecule has 1 aromatic rings. The maximum Gasteiger partial charge on any atom is 0.163 e. The molecule has 0 bridgehead atoms. The minimum atomic E-state index is 0.579. The first-order valence-corrected chi connectivity index (χ1v) is 6.19. The van der Waals surface area contributed by atoms with Gasteiger partial charge >= 0.3 is 0 Å². The summed E-state index contributed by atoms with van der Waals surface area (Å²) in [6.45, 7) is 3.23. The Balaban J connectivity index is 2.26. The van der Waals surface area contributed by atoms with Gasteiger partial charge in [-0.15, -0.1) is 0 Å². The normalized spacial score (nSPS) is 19.4. The fraction of sp³-hybridized carbons (Fsp3) is 0.571. The van der Waals surface area contributed by atoms with Crippen LogP contribution in [0.5, 0.6) is 11.5 Å². The second-order valence-electron chi connectivity index (χ2n) is 4.66. The second-order valence-corrected chi connectivity index (χ2v) is 4.66. The number of aryl methyl sites for hydroxylation is 1. The van der Waals surface area contributed by atoms with E-state index >= 15 is 0 Å². The third kappa shape index (κ3) is 2.72. The van der Waals surface area contributed by atoms with Crippen LogP contribution in [0.15, 0.2) is 12.1 Å². The van der Waals surface area contributed by atoms with Gasteiger partial charge in [-0.05, 0) is 49.9 Å². The van der Waals surface area contributed by atoms with Gasteiger partial charge in [0.25, 0.3) is 0 Å². The molecule has 1 heterocycles. The molecule has 17 heavy (non-hydrogen) atoms. The smallest absolute Gasteiger partial charge is 0.163 e. The summed E-state index contributed by atoms with van der Waals surface area (Å²) >= 11 is 0. The summed E-state index contributed by atoms with van der Waals surface area (Å²) in [6.07, 6.45) is 3.54. The molecule has 0 spiro atoms. The predicted octanol–water partition coefficient (Wildman–Crippen LogP) is 2.31. The summed E-state index contributed by atoms with van der Waals surface area (Å²) in [5, 5.41) is 3.52. The van der Waals surface area contributed by atoms with Crippen LogP contribution in [0.4, 0.5) is 0 Å². The average molecular weight is 235 g/mol. The van der Waals surface area contributed by atoms with Gasteiger partial charge in [0, 0.05) is 6.04 Å². The Labute approximate surface area is 103 Å². The van der Waals surface area contributed by atoms with E-state index in [4.69, 9.17) is 9.47 Å². The molecule has 1 unspecified atom stereocenters. The third-order valence-electron chi connectivity index (χ3n) is 3.33. The van der Waals surface area contributed by atoms with Crippen LogP contribution in [0, 0.1) is 6.92 Å². The summed E-state index contributed by atoms with van der Waals surface area (Å²) in [5.41, 5.74) is 2.46. The Hall–Kier alpha value is -1.22. The van der Waals surface area contributed by atoms with E-state index in [-0.39, 0.29) is 0 Å². The monoisotopic (exact) mass is 235 g/mol. The number of rotatable bonds is 4. The Kier molecular flexibility index (Phi) is 3.89. The van der Waals surface area contributed by atoms with Gasteiger partial charge in [-0.3, -0.25) is 0 Å². The highest BCUT2D eigenvalue weighted by atomic mass is 16.5. The number of ether oxygens (including phenoxy) is 2. The first kappa shape index (κ1) is 12.2.